The molecule has 1 fully saturated rings. The van der Waals surface area contributed by atoms with Crippen molar-refractivity contribution in [1.82, 2.24) is 20.3 Å². The van der Waals surface area contributed by atoms with Gasteiger partial charge in [0.1, 0.15) is 5.52 Å². The number of hydrogen-bond donors (Lipinski definition) is 1. The molecule has 1 amide bonds. The Kier molecular flexibility index (Phi) is 4.78. The fraction of sp³-hybridized carbons (Fsp3) is 0.529. The Labute approximate surface area is 140 Å². The quantitative estimate of drug-likeness (QED) is 0.848. The van der Waals surface area contributed by atoms with Crippen molar-refractivity contribution in [3.8, 4) is 0 Å². The number of hydrogen-bond acceptors (Lipinski definition) is 5. The van der Waals surface area contributed by atoms with Crippen molar-refractivity contribution in [3.63, 3.8) is 0 Å². The van der Waals surface area contributed by atoms with Gasteiger partial charge in [-0.3, -0.25) is 4.79 Å². The Hall–Kier alpha value is -2.44. The number of esters is 1. The summed E-state index contributed by atoms with van der Waals surface area (Å²) in [6.45, 7) is 4.27. The van der Waals surface area contributed by atoms with Crippen LogP contribution >= 0.6 is 0 Å². The number of nitrogens with one attached hydrogen (secondary N) is 1. The zero-order valence-electron chi connectivity index (χ0n) is 14.0. The van der Waals surface area contributed by atoms with Gasteiger partial charge in [0.2, 0.25) is 0 Å². The number of rotatable bonds is 5. The van der Waals surface area contributed by atoms with E-state index < -0.39 is 12.1 Å². The number of amides is 1. The molecule has 7 nitrogen and oxygen atoms in total. The van der Waals surface area contributed by atoms with E-state index in [9.17, 15) is 9.59 Å². The van der Waals surface area contributed by atoms with Gasteiger partial charge in [-0.25, -0.2) is 9.48 Å². The molecule has 1 aliphatic rings. The number of fused-ring (bicyclic) bond motifs is 1. The summed E-state index contributed by atoms with van der Waals surface area (Å²) >= 11 is 0. The summed E-state index contributed by atoms with van der Waals surface area (Å²) in [4.78, 5) is 24.4. The van der Waals surface area contributed by atoms with Crippen LogP contribution in [0.4, 0.5) is 0 Å². The van der Waals surface area contributed by atoms with Gasteiger partial charge in [0.05, 0.1) is 11.1 Å². The second-order valence-corrected chi connectivity index (χ2v) is 6.15. The Morgan fingerprint density at radius 2 is 2.12 bits per heavy atom. The van der Waals surface area contributed by atoms with Crippen LogP contribution in [-0.2, 0) is 16.1 Å². The highest BCUT2D eigenvalue weighted by Gasteiger charge is 2.23. The predicted octanol–water partition coefficient (Wildman–Crippen LogP) is 2.06. The number of ether oxygens (including phenoxy) is 1. The summed E-state index contributed by atoms with van der Waals surface area (Å²) in [5.41, 5.74) is 1.86. The summed E-state index contributed by atoms with van der Waals surface area (Å²) in [5, 5.41) is 11.0. The molecule has 2 aromatic rings. The maximum absolute atomic E-state index is 12.3. The van der Waals surface area contributed by atoms with Crippen LogP contribution in [0.2, 0.25) is 0 Å². The van der Waals surface area contributed by atoms with Crippen LogP contribution in [0, 0.1) is 0 Å². The van der Waals surface area contributed by atoms with Gasteiger partial charge < -0.3 is 10.1 Å². The van der Waals surface area contributed by atoms with E-state index in [-0.39, 0.29) is 11.9 Å². The number of nitrogens with zero attached hydrogens (tertiary/aromatic N) is 3. The molecular formula is C17H22N4O3. The van der Waals surface area contributed by atoms with E-state index in [1.807, 2.05) is 6.92 Å². The summed E-state index contributed by atoms with van der Waals surface area (Å²) < 4.78 is 7.04. The van der Waals surface area contributed by atoms with E-state index in [0.717, 1.165) is 31.2 Å². The third-order valence-electron chi connectivity index (χ3n) is 4.40. The second-order valence-electron chi connectivity index (χ2n) is 6.15. The van der Waals surface area contributed by atoms with Gasteiger partial charge in [0, 0.05) is 12.6 Å². The maximum Gasteiger partial charge on any atom is 0.338 e. The first-order valence-electron chi connectivity index (χ1n) is 8.43. The lowest BCUT2D eigenvalue weighted by Gasteiger charge is -2.17. The smallest absolute Gasteiger partial charge is 0.338 e. The standard InChI is InChI=1S/C17H22N4O3/c1-3-21-15-9-8-12(10-14(15)19-20-21)17(23)24-11(2)16(22)18-13-6-4-5-7-13/h8-11,13H,3-7H2,1-2H3,(H,18,22). The van der Waals surface area contributed by atoms with Crippen molar-refractivity contribution in [2.45, 2.75) is 58.2 Å². The molecule has 24 heavy (non-hydrogen) atoms. The zero-order chi connectivity index (χ0) is 17.1. The number of carbonyl (C=O) groups is 2. The largest absolute Gasteiger partial charge is 0.449 e. The lowest BCUT2D eigenvalue weighted by Crippen LogP contribution is -2.40. The number of aromatic nitrogens is 3. The molecule has 128 valence electrons. The van der Waals surface area contributed by atoms with E-state index in [1.165, 1.54) is 0 Å². The highest BCUT2D eigenvalue weighted by molar-refractivity contribution is 5.95. The summed E-state index contributed by atoms with van der Waals surface area (Å²) in [7, 11) is 0. The molecule has 0 saturated heterocycles. The molecule has 1 unspecified atom stereocenters. The minimum Gasteiger partial charge on any atom is -0.449 e. The molecule has 1 atom stereocenters. The van der Waals surface area contributed by atoms with Crippen molar-refractivity contribution in [1.29, 1.82) is 0 Å². The molecule has 0 bridgehead atoms. The average molecular weight is 330 g/mol. The average Bonchev–Trinajstić information content (AvgIpc) is 3.22. The third-order valence-corrected chi connectivity index (χ3v) is 4.40. The number of carbonyl (C=O) groups excluding carboxylic acids is 2. The van der Waals surface area contributed by atoms with Crippen molar-refractivity contribution < 1.29 is 14.3 Å². The monoisotopic (exact) mass is 330 g/mol. The van der Waals surface area contributed by atoms with Crippen molar-refractivity contribution in [2.24, 2.45) is 0 Å². The van der Waals surface area contributed by atoms with Crippen LogP contribution in [0.1, 0.15) is 49.9 Å². The van der Waals surface area contributed by atoms with Crippen LogP contribution in [0.5, 0.6) is 0 Å². The van der Waals surface area contributed by atoms with Crippen LogP contribution < -0.4 is 5.32 Å². The third kappa shape index (κ3) is 3.39. The summed E-state index contributed by atoms with van der Waals surface area (Å²) in [5.74, 6) is -0.773. The first-order chi connectivity index (χ1) is 11.6. The van der Waals surface area contributed by atoms with Crippen LogP contribution in [-0.4, -0.2) is 39.0 Å². The Balaban J connectivity index is 1.64. The van der Waals surface area contributed by atoms with Crippen molar-refractivity contribution in [3.05, 3.63) is 23.8 Å². The van der Waals surface area contributed by atoms with Gasteiger partial charge in [-0.1, -0.05) is 18.1 Å². The van der Waals surface area contributed by atoms with Gasteiger partial charge >= 0.3 is 5.97 Å². The van der Waals surface area contributed by atoms with E-state index in [0.29, 0.717) is 17.6 Å². The number of benzene rings is 1. The first kappa shape index (κ1) is 16.4. The normalized spacial score (nSPS) is 16.2. The molecule has 0 spiro atoms. The van der Waals surface area contributed by atoms with E-state index in [1.54, 1.807) is 29.8 Å². The zero-order valence-corrected chi connectivity index (χ0v) is 14.0. The molecule has 1 aliphatic carbocycles. The SMILES string of the molecule is CCn1nnc2cc(C(=O)OC(C)C(=O)NC3CCCC3)ccc21. The topological polar surface area (TPSA) is 86.1 Å². The van der Waals surface area contributed by atoms with Gasteiger partial charge in [0.25, 0.3) is 5.91 Å². The van der Waals surface area contributed by atoms with Crippen LogP contribution in [0.3, 0.4) is 0 Å². The molecule has 0 aliphatic heterocycles. The Bertz CT molecular complexity index is 749. The lowest BCUT2D eigenvalue weighted by atomic mass is 10.2. The predicted molar refractivity (Wildman–Crippen MR) is 88.5 cm³/mol. The Morgan fingerprint density at radius 1 is 1.38 bits per heavy atom. The lowest BCUT2D eigenvalue weighted by molar-refractivity contribution is -0.129. The van der Waals surface area contributed by atoms with E-state index in [2.05, 4.69) is 15.6 Å². The minimum atomic E-state index is -0.819. The summed E-state index contributed by atoms with van der Waals surface area (Å²) in [6, 6.07) is 5.30. The summed E-state index contributed by atoms with van der Waals surface area (Å²) in [6.07, 6.45) is 3.45. The minimum absolute atomic E-state index is 0.207. The van der Waals surface area contributed by atoms with E-state index in [4.69, 9.17) is 4.74 Å². The first-order valence-corrected chi connectivity index (χ1v) is 8.43. The molecule has 1 aromatic carbocycles. The molecule has 0 radical (unpaired) electrons. The molecule has 1 saturated carbocycles. The van der Waals surface area contributed by atoms with Crippen molar-refractivity contribution >= 4 is 22.9 Å². The molecular weight excluding hydrogens is 308 g/mol. The van der Waals surface area contributed by atoms with Gasteiger partial charge in [-0.05, 0) is 44.9 Å². The van der Waals surface area contributed by atoms with E-state index >= 15 is 0 Å². The highest BCUT2D eigenvalue weighted by Crippen LogP contribution is 2.18. The second kappa shape index (κ2) is 6.98. The van der Waals surface area contributed by atoms with Crippen LogP contribution in [0.25, 0.3) is 11.0 Å². The van der Waals surface area contributed by atoms with Gasteiger partial charge in [-0.2, -0.15) is 0 Å². The van der Waals surface area contributed by atoms with Gasteiger partial charge in [-0.15, -0.1) is 5.10 Å². The van der Waals surface area contributed by atoms with Crippen molar-refractivity contribution in [2.75, 3.05) is 0 Å². The fourth-order valence-electron chi connectivity index (χ4n) is 3.00. The molecule has 7 heteroatoms. The molecule has 3 rings (SSSR count). The number of aryl methyl sites for hydroxylation is 1. The molecule has 1 N–H and O–H groups in total. The Morgan fingerprint density at radius 3 is 2.83 bits per heavy atom. The molecule has 1 heterocycles. The van der Waals surface area contributed by atoms with Crippen LogP contribution in [0.15, 0.2) is 18.2 Å². The maximum atomic E-state index is 12.3. The fourth-order valence-corrected chi connectivity index (χ4v) is 3.00. The molecule has 1 aromatic heterocycles. The highest BCUT2D eigenvalue weighted by atomic mass is 16.5. The van der Waals surface area contributed by atoms with Gasteiger partial charge in [0.15, 0.2) is 6.10 Å².